The Kier molecular flexibility index (Phi) is 3.73. The maximum absolute atomic E-state index is 2.10. The molecule has 2 rings (SSSR count). The van der Waals surface area contributed by atoms with Crippen molar-refractivity contribution in [3.05, 3.63) is 83.9 Å². The molecule has 2 aromatic carbocycles. The Labute approximate surface area is 96.6 Å². The summed E-state index contributed by atoms with van der Waals surface area (Å²) >= 11 is 0. The molecule has 0 heterocycles. The highest BCUT2D eigenvalue weighted by Gasteiger charge is 1.81. The quantitative estimate of drug-likeness (QED) is 0.652. The van der Waals surface area contributed by atoms with Gasteiger partial charge in [-0.3, -0.25) is 0 Å². The predicted octanol–water partition coefficient (Wildman–Crippen LogP) is 4.41. The fraction of sp³-hybridized carbons (Fsp3) is 0. The third-order valence-electron chi connectivity index (χ3n) is 2.29. The highest BCUT2D eigenvalue weighted by Crippen LogP contribution is 2.03. The third kappa shape index (κ3) is 3.25. The largest absolute Gasteiger partial charge is 0.0622 e. The molecule has 0 heteroatoms. The van der Waals surface area contributed by atoms with E-state index in [1.54, 1.807) is 0 Å². The van der Waals surface area contributed by atoms with Crippen LogP contribution in [0.3, 0.4) is 0 Å². The van der Waals surface area contributed by atoms with Crippen LogP contribution in [0.25, 0.3) is 12.2 Å². The van der Waals surface area contributed by atoms with Gasteiger partial charge in [0.25, 0.3) is 0 Å². The van der Waals surface area contributed by atoms with Gasteiger partial charge >= 0.3 is 0 Å². The molecule has 0 fully saturated rings. The Bertz CT molecular complexity index is 416. The summed E-state index contributed by atoms with van der Waals surface area (Å²) in [5.74, 6) is 0. The molecule has 0 amide bonds. The van der Waals surface area contributed by atoms with Gasteiger partial charge in [-0.2, -0.15) is 0 Å². The first-order valence-corrected chi connectivity index (χ1v) is 5.40. The first-order chi connectivity index (χ1) is 7.95. The van der Waals surface area contributed by atoms with Crippen LogP contribution in [0.1, 0.15) is 11.1 Å². The number of hydrogen-bond acceptors (Lipinski definition) is 0. The summed E-state index contributed by atoms with van der Waals surface area (Å²) in [5, 5.41) is 0. The van der Waals surface area contributed by atoms with E-state index in [1.165, 1.54) is 11.1 Å². The van der Waals surface area contributed by atoms with Gasteiger partial charge in [0.05, 0.1) is 0 Å². The van der Waals surface area contributed by atoms with Gasteiger partial charge in [0.15, 0.2) is 0 Å². The maximum atomic E-state index is 2.10. The summed E-state index contributed by atoms with van der Waals surface area (Å²) < 4.78 is 0. The normalized spacial score (nSPS) is 11.2. The van der Waals surface area contributed by atoms with Crippen molar-refractivity contribution in [3.63, 3.8) is 0 Å². The summed E-state index contributed by atoms with van der Waals surface area (Å²) in [5.41, 5.74) is 2.44. The third-order valence-corrected chi connectivity index (χ3v) is 2.29. The molecule has 0 saturated heterocycles. The second-order valence-electron chi connectivity index (χ2n) is 3.54. The summed E-state index contributed by atoms with van der Waals surface area (Å²) in [4.78, 5) is 0. The van der Waals surface area contributed by atoms with Crippen molar-refractivity contribution in [2.45, 2.75) is 0 Å². The fourth-order valence-electron chi connectivity index (χ4n) is 1.46. The van der Waals surface area contributed by atoms with Crippen LogP contribution in [-0.4, -0.2) is 0 Å². The van der Waals surface area contributed by atoms with Crippen LogP contribution in [-0.2, 0) is 0 Å². The zero-order chi connectivity index (χ0) is 11.1. The lowest BCUT2D eigenvalue weighted by Gasteiger charge is -1.90. The molecule has 78 valence electrons. The molecular weight excluding hydrogens is 192 g/mol. The van der Waals surface area contributed by atoms with Crippen LogP contribution in [0, 0.1) is 0 Å². The van der Waals surface area contributed by atoms with E-state index in [-0.39, 0.29) is 0 Å². The van der Waals surface area contributed by atoms with Gasteiger partial charge in [-0.15, -0.1) is 0 Å². The number of rotatable bonds is 3. The minimum Gasteiger partial charge on any atom is -0.0622 e. The lowest BCUT2D eigenvalue weighted by Crippen LogP contribution is -1.68. The molecule has 16 heavy (non-hydrogen) atoms. The van der Waals surface area contributed by atoms with E-state index in [9.17, 15) is 0 Å². The van der Waals surface area contributed by atoms with Crippen molar-refractivity contribution in [3.8, 4) is 0 Å². The minimum absolute atomic E-state index is 1.22. The average Bonchev–Trinajstić information content (AvgIpc) is 2.37. The average molecular weight is 206 g/mol. The van der Waals surface area contributed by atoms with Crippen LogP contribution >= 0.6 is 0 Å². The van der Waals surface area contributed by atoms with E-state index in [4.69, 9.17) is 0 Å². The SMILES string of the molecule is C(/C=C/c1ccccc1)=C\c1ccccc1. The fourth-order valence-corrected chi connectivity index (χ4v) is 1.46. The minimum atomic E-state index is 1.22. The van der Waals surface area contributed by atoms with Gasteiger partial charge in [-0.05, 0) is 11.1 Å². The second-order valence-corrected chi connectivity index (χ2v) is 3.54. The van der Waals surface area contributed by atoms with Gasteiger partial charge in [-0.25, -0.2) is 0 Å². The van der Waals surface area contributed by atoms with Gasteiger partial charge in [0.2, 0.25) is 0 Å². The van der Waals surface area contributed by atoms with Gasteiger partial charge in [0, 0.05) is 0 Å². The Morgan fingerprint density at radius 3 is 1.25 bits per heavy atom. The monoisotopic (exact) mass is 206 g/mol. The molecule has 0 aromatic heterocycles. The summed E-state index contributed by atoms with van der Waals surface area (Å²) in [7, 11) is 0. The molecule has 0 aliphatic rings. The molecule has 0 unspecified atom stereocenters. The van der Waals surface area contributed by atoms with Crippen LogP contribution in [0.4, 0.5) is 0 Å². The lowest BCUT2D eigenvalue weighted by atomic mass is 10.2. The molecule has 0 saturated carbocycles. The molecule has 0 aliphatic heterocycles. The van der Waals surface area contributed by atoms with Crippen molar-refractivity contribution in [2.75, 3.05) is 0 Å². The molecule has 0 atom stereocenters. The molecule has 0 radical (unpaired) electrons. The standard InChI is InChI=1S/C16H14/c1-3-9-15(10-4-1)13-7-8-14-16-11-5-2-6-12-16/h1-14H/b13-7+,14-8+. The highest BCUT2D eigenvalue weighted by molar-refractivity contribution is 5.56. The Hall–Kier alpha value is -2.08. The Morgan fingerprint density at radius 2 is 0.875 bits per heavy atom. The number of benzene rings is 2. The van der Waals surface area contributed by atoms with E-state index in [0.29, 0.717) is 0 Å². The smallest absolute Gasteiger partial charge is 0.0257 e. The molecule has 0 spiro atoms. The zero-order valence-electron chi connectivity index (χ0n) is 9.08. The van der Waals surface area contributed by atoms with Crippen LogP contribution in [0.2, 0.25) is 0 Å². The van der Waals surface area contributed by atoms with Gasteiger partial charge < -0.3 is 0 Å². The van der Waals surface area contributed by atoms with Crippen molar-refractivity contribution < 1.29 is 0 Å². The van der Waals surface area contributed by atoms with Crippen molar-refractivity contribution in [1.82, 2.24) is 0 Å². The van der Waals surface area contributed by atoms with Crippen molar-refractivity contribution in [1.29, 1.82) is 0 Å². The summed E-state index contributed by atoms with van der Waals surface area (Å²) in [6, 6.07) is 20.6. The van der Waals surface area contributed by atoms with E-state index < -0.39 is 0 Å². The Balaban J connectivity index is 1.98. The second kappa shape index (κ2) is 5.72. The van der Waals surface area contributed by atoms with E-state index in [1.807, 2.05) is 36.4 Å². The molecule has 0 nitrogen and oxygen atoms in total. The first kappa shape index (κ1) is 10.4. The number of allylic oxidation sites excluding steroid dienone is 2. The zero-order valence-corrected chi connectivity index (χ0v) is 9.08. The number of hydrogen-bond donors (Lipinski definition) is 0. The maximum Gasteiger partial charge on any atom is -0.0257 e. The van der Waals surface area contributed by atoms with Crippen LogP contribution < -0.4 is 0 Å². The van der Waals surface area contributed by atoms with E-state index >= 15 is 0 Å². The summed E-state index contributed by atoms with van der Waals surface area (Å²) in [6.07, 6.45) is 8.31. The van der Waals surface area contributed by atoms with Crippen LogP contribution in [0.15, 0.2) is 72.8 Å². The predicted molar refractivity (Wildman–Crippen MR) is 71.0 cm³/mol. The first-order valence-electron chi connectivity index (χ1n) is 5.40. The van der Waals surface area contributed by atoms with Gasteiger partial charge in [-0.1, -0.05) is 85.0 Å². The topological polar surface area (TPSA) is 0 Å². The molecular formula is C16H14. The van der Waals surface area contributed by atoms with Gasteiger partial charge in [0.1, 0.15) is 0 Å². The molecule has 0 bridgehead atoms. The molecule has 2 aromatic rings. The van der Waals surface area contributed by atoms with Crippen molar-refractivity contribution >= 4 is 12.2 Å². The Morgan fingerprint density at radius 1 is 0.500 bits per heavy atom. The lowest BCUT2D eigenvalue weighted by molar-refractivity contribution is 1.65. The van der Waals surface area contributed by atoms with Crippen molar-refractivity contribution in [2.24, 2.45) is 0 Å². The van der Waals surface area contributed by atoms with Crippen LogP contribution in [0.5, 0.6) is 0 Å². The molecule has 0 aliphatic carbocycles. The van der Waals surface area contributed by atoms with E-state index in [2.05, 4.69) is 48.6 Å². The van der Waals surface area contributed by atoms with E-state index in [0.717, 1.165) is 0 Å². The highest BCUT2D eigenvalue weighted by atomic mass is 13.9. The molecule has 0 N–H and O–H groups in total. The summed E-state index contributed by atoms with van der Waals surface area (Å²) in [6.45, 7) is 0.